The molecule has 0 aliphatic rings. The van der Waals surface area contributed by atoms with Crippen LogP contribution in [0.4, 0.5) is 0 Å². The van der Waals surface area contributed by atoms with E-state index in [0.29, 0.717) is 23.0 Å². The first kappa shape index (κ1) is 33.1. The van der Waals surface area contributed by atoms with Gasteiger partial charge in [-0.3, -0.25) is 0 Å². The molecular formula is C45H23B5N4O. The Morgan fingerprint density at radius 1 is 0.436 bits per heavy atom. The Bertz CT molecular complexity index is 3070. The highest BCUT2D eigenvalue weighted by molar-refractivity contribution is 6.69. The number of fused-ring (bicyclic) bond motifs is 6. The van der Waals surface area contributed by atoms with Gasteiger partial charge in [0.05, 0.1) is 16.7 Å². The maximum atomic E-state index is 6.72. The molecule has 0 bridgehead atoms. The molecule has 0 atom stereocenters. The molecule has 0 spiro atoms. The largest absolute Gasteiger partial charge is 0.454 e. The van der Waals surface area contributed by atoms with Crippen LogP contribution >= 0.6 is 0 Å². The van der Waals surface area contributed by atoms with Crippen LogP contribution in [0, 0.1) is 0 Å². The lowest BCUT2D eigenvalue weighted by Crippen LogP contribution is -2.55. The Hall–Kier alpha value is -6.53. The normalized spacial score (nSPS) is 11.6. The first-order chi connectivity index (χ1) is 26.9. The van der Waals surface area contributed by atoms with Crippen molar-refractivity contribution in [1.82, 2.24) is 19.5 Å². The van der Waals surface area contributed by atoms with E-state index in [2.05, 4.69) is 41.0 Å². The molecule has 55 heavy (non-hydrogen) atoms. The highest BCUT2D eigenvalue weighted by Gasteiger charge is 2.22. The average molecular weight is 690 g/mol. The quantitative estimate of drug-likeness (QED) is 0.224. The van der Waals surface area contributed by atoms with Crippen molar-refractivity contribution < 1.29 is 4.42 Å². The van der Waals surface area contributed by atoms with Crippen molar-refractivity contribution in [1.29, 1.82) is 0 Å². The summed E-state index contributed by atoms with van der Waals surface area (Å²) in [6.07, 6.45) is 0. The van der Waals surface area contributed by atoms with Crippen molar-refractivity contribution in [2.24, 2.45) is 0 Å². The van der Waals surface area contributed by atoms with Gasteiger partial charge in [0.1, 0.15) is 44.8 Å². The molecule has 5 nitrogen and oxygen atoms in total. The molecule has 0 N–H and O–H groups in total. The lowest BCUT2D eigenvalue weighted by molar-refractivity contribution is 0.666. The van der Waals surface area contributed by atoms with Crippen molar-refractivity contribution in [3.8, 4) is 51.0 Å². The van der Waals surface area contributed by atoms with Crippen LogP contribution in [-0.4, -0.2) is 58.8 Å². The highest BCUT2D eigenvalue weighted by Crippen LogP contribution is 2.41. The van der Waals surface area contributed by atoms with Crippen molar-refractivity contribution in [2.45, 2.75) is 0 Å². The molecule has 0 aliphatic carbocycles. The number of benzene rings is 7. The number of hydrogen-bond acceptors (Lipinski definition) is 4. The van der Waals surface area contributed by atoms with Gasteiger partial charge in [-0.25, -0.2) is 15.0 Å². The third-order valence-corrected chi connectivity index (χ3v) is 10.3. The summed E-state index contributed by atoms with van der Waals surface area (Å²) in [7, 11) is 32.1. The number of nitrogens with zero attached hydrogens (tertiary/aromatic N) is 4. The van der Waals surface area contributed by atoms with Gasteiger partial charge in [-0.05, 0) is 47.5 Å². The van der Waals surface area contributed by atoms with Crippen molar-refractivity contribution in [3.05, 3.63) is 140 Å². The Labute approximate surface area is 323 Å². The minimum atomic E-state index is 0.178. The van der Waals surface area contributed by atoms with Crippen LogP contribution in [0.3, 0.4) is 0 Å². The monoisotopic (exact) mass is 690 g/mol. The minimum absolute atomic E-state index is 0.178. The molecule has 244 valence electrons. The number of rotatable bonds is 5. The van der Waals surface area contributed by atoms with Crippen LogP contribution in [0.2, 0.25) is 0 Å². The van der Waals surface area contributed by atoms with Gasteiger partial charge in [0, 0.05) is 38.2 Å². The van der Waals surface area contributed by atoms with E-state index < -0.39 is 0 Å². The predicted octanol–water partition coefficient (Wildman–Crippen LogP) is 5.51. The molecule has 0 aliphatic heterocycles. The van der Waals surface area contributed by atoms with Crippen molar-refractivity contribution >= 4 is 110 Å². The Morgan fingerprint density at radius 3 is 1.65 bits per heavy atom. The van der Waals surface area contributed by atoms with Gasteiger partial charge in [-0.15, -0.1) is 16.4 Å². The fraction of sp³-hybridized carbons (Fsp3) is 0. The van der Waals surface area contributed by atoms with Crippen LogP contribution in [0.25, 0.3) is 94.7 Å². The first-order valence-electron chi connectivity index (χ1n) is 17.7. The van der Waals surface area contributed by atoms with Crippen molar-refractivity contribution in [2.75, 3.05) is 0 Å². The first-order valence-corrected chi connectivity index (χ1v) is 17.7. The maximum absolute atomic E-state index is 6.72. The standard InChI is InChI=1S/C45H23B5N4O/c46-37-36(38(47)40(49)41(50)39(37)48)29-17-10-19-32-35(29)28-15-7-8-18-31(28)54(32)33-20-9-16-27-30-23-26(21-22-34(30)55-42(27)33)45-52-43(24-11-3-1-4-12-24)51-44(53-45)25-13-5-2-6-14-25/h1-23H. The third kappa shape index (κ3) is 5.19. The second kappa shape index (κ2) is 12.8. The van der Waals surface area contributed by atoms with Gasteiger partial charge in [-0.2, -0.15) is 0 Å². The molecular weight excluding hydrogens is 667 g/mol. The summed E-state index contributed by atoms with van der Waals surface area (Å²) in [6.45, 7) is 0. The van der Waals surface area contributed by atoms with Crippen molar-refractivity contribution in [3.63, 3.8) is 0 Å². The number of furan rings is 1. The molecule has 10 heteroatoms. The number of para-hydroxylation sites is 2. The van der Waals surface area contributed by atoms with Gasteiger partial charge in [-0.1, -0.05) is 114 Å². The number of hydrogen-bond donors (Lipinski definition) is 0. The molecule has 10 aromatic rings. The van der Waals surface area contributed by atoms with Gasteiger partial charge in [0.15, 0.2) is 23.1 Å². The molecule has 3 aromatic heterocycles. The summed E-state index contributed by atoms with van der Waals surface area (Å²) in [6, 6.07) is 46.4. The van der Waals surface area contributed by atoms with Gasteiger partial charge in [0.25, 0.3) is 0 Å². The average Bonchev–Trinajstić information content (AvgIpc) is 3.79. The van der Waals surface area contributed by atoms with Crippen LogP contribution in [-0.2, 0) is 0 Å². The summed E-state index contributed by atoms with van der Waals surface area (Å²) >= 11 is 0. The maximum Gasteiger partial charge on any atom is 0.164 e. The Morgan fingerprint density at radius 2 is 0.982 bits per heavy atom. The molecule has 0 fully saturated rings. The predicted molar refractivity (Wildman–Crippen MR) is 230 cm³/mol. The second-order valence-electron chi connectivity index (χ2n) is 13.5. The lowest BCUT2D eigenvalue weighted by atomic mass is 9.59. The molecule has 0 unspecified atom stereocenters. The van der Waals surface area contributed by atoms with E-state index in [4.69, 9.17) is 58.6 Å². The van der Waals surface area contributed by atoms with Crippen LogP contribution in [0.1, 0.15) is 0 Å². The second-order valence-corrected chi connectivity index (χ2v) is 13.5. The van der Waals surface area contributed by atoms with E-state index in [1.54, 1.807) is 0 Å². The van der Waals surface area contributed by atoms with E-state index in [-0.39, 0.29) is 27.3 Å². The topological polar surface area (TPSA) is 56.7 Å². The van der Waals surface area contributed by atoms with E-state index in [9.17, 15) is 0 Å². The zero-order valence-corrected chi connectivity index (χ0v) is 29.4. The van der Waals surface area contributed by atoms with E-state index in [1.807, 2.05) is 103 Å². The highest BCUT2D eigenvalue weighted by atomic mass is 16.3. The van der Waals surface area contributed by atoms with E-state index >= 15 is 0 Å². The summed E-state index contributed by atoms with van der Waals surface area (Å²) in [5, 5.41) is 3.82. The summed E-state index contributed by atoms with van der Waals surface area (Å²) in [5.41, 5.74) is 9.40. The van der Waals surface area contributed by atoms with Crippen LogP contribution in [0.15, 0.2) is 144 Å². The smallest absolute Gasteiger partial charge is 0.164 e. The van der Waals surface area contributed by atoms with Gasteiger partial charge in [0.2, 0.25) is 0 Å². The SMILES string of the molecule is [B]c1c([B])c([B])c(-c2cccc3c2c2ccccc2n3-c2cccc3c2oc2ccc(-c4nc(-c5ccccc5)nc(-c5ccccc5)n4)cc23)c([B])c1[B]. The van der Waals surface area contributed by atoms with Crippen LogP contribution in [0.5, 0.6) is 0 Å². The fourth-order valence-corrected chi connectivity index (χ4v) is 7.66. The Kier molecular flexibility index (Phi) is 7.70. The zero-order chi connectivity index (χ0) is 37.4. The fourth-order valence-electron chi connectivity index (χ4n) is 7.66. The number of aromatic nitrogens is 4. The molecule has 10 rings (SSSR count). The molecule has 7 aromatic carbocycles. The van der Waals surface area contributed by atoms with Gasteiger partial charge >= 0.3 is 0 Å². The molecule has 3 heterocycles. The molecule has 0 saturated heterocycles. The Balaban J connectivity index is 1.18. The van der Waals surface area contributed by atoms with E-state index in [0.717, 1.165) is 71.7 Å². The van der Waals surface area contributed by atoms with E-state index in [1.165, 1.54) is 0 Å². The minimum Gasteiger partial charge on any atom is -0.454 e. The van der Waals surface area contributed by atoms with Gasteiger partial charge < -0.3 is 8.98 Å². The zero-order valence-electron chi connectivity index (χ0n) is 29.4. The van der Waals surface area contributed by atoms with Crippen LogP contribution < -0.4 is 27.3 Å². The molecule has 10 radical (unpaired) electrons. The summed E-state index contributed by atoms with van der Waals surface area (Å²) in [5.74, 6) is 1.77. The summed E-state index contributed by atoms with van der Waals surface area (Å²) < 4.78 is 8.93. The summed E-state index contributed by atoms with van der Waals surface area (Å²) in [4.78, 5) is 14.8. The molecule has 0 amide bonds. The lowest BCUT2D eigenvalue weighted by Gasteiger charge is -2.22. The third-order valence-electron chi connectivity index (χ3n) is 10.3. The molecule has 0 saturated carbocycles.